The molecule has 2 aromatic carbocycles. The summed E-state index contributed by atoms with van der Waals surface area (Å²) in [4.78, 5) is 2.49. The third-order valence-electron chi connectivity index (χ3n) is 4.84. The maximum atomic E-state index is 6.12. The van der Waals surface area contributed by atoms with Gasteiger partial charge in [0.1, 0.15) is 11.5 Å². The molecule has 0 aromatic heterocycles. The topological polar surface area (TPSA) is 38.5 Å². The second-order valence-corrected chi connectivity index (χ2v) is 6.86. The van der Waals surface area contributed by atoms with Gasteiger partial charge in [-0.2, -0.15) is 0 Å². The van der Waals surface area contributed by atoms with Crippen molar-refractivity contribution in [2.45, 2.75) is 38.6 Å². The quantitative estimate of drug-likeness (QED) is 0.837. The zero-order chi connectivity index (χ0) is 16.9. The number of para-hydroxylation sites is 1. The number of likely N-dealkylation sites (tertiary alicyclic amines) is 1. The molecule has 0 amide bonds. The molecule has 1 unspecified atom stereocenters. The van der Waals surface area contributed by atoms with Gasteiger partial charge >= 0.3 is 0 Å². The van der Waals surface area contributed by atoms with Crippen molar-refractivity contribution >= 4 is 0 Å². The van der Waals surface area contributed by atoms with Crippen LogP contribution < -0.4 is 10.5 Å². The first-order chi connectivity index (χ1) is 11.7. The lowest BCUT2D eigenvalue weighted by atomic mass is 10.0. The average molecular weight is 324 g/mol. The maximum Gasteiger partial charge on any atom is 0.130 e. The molecule has 24 heavy (non-hydrogen) atoms. The third kappa shape index (κ3) is 3.80. The summed E-state index contributed by atoms with van der Waals surface area (Å²) < 4.78 is 6.12. The number of hydrogen-bond acceptors (Lipinski definition) is 3. The summed E-state index contributed by atoms with van der Waals surface area (Å²) in [6.07, 6.45) is 2.56. The Hall–Kier alpha value is -1.84. The van der Waals surface area contributed by atoms with Gasteiger partial charge in [0.15, 0.2) is 0 Å². The molecule has 3 heteroatoms. The Kier molecular flexibility index (Phi) is 5.54. The summed E-state index contributed by atoms with van der Waals surface area (Å²) in [5, 5.41) is 0. The highest BCUT2D eigenvalue weighted by molar-refractivity contribution is 5.40. The number of ether oxygens (including phenoxy) is 1. The lowest BCUT2D eigenvalue weighted by Gasteiger charge is -2.26. The fraction of sp³-hybridized carbons (Fsp3) is 0.429. The monoisotopic (exact) mass is 324 g/mol. The average Bonchev–Trinajstić information content (AvgIpc) is 3.12. The molecule has 0 radical (unpaired) electrons. The van der Waals surface area contributed by atoms with Gasteiger partial charge in [0.25, 0.3) is 0 Å². The van der Waals surface area contributed by atoms with Gasteiger partial charge in [0, 0.05) is 12.6 Å². The molecule has 1 heterocycles. The summed E-state index contributed by atoms with van der Waals surface area (Å²) in [5.41, 5.74) is 8.54. The molecule has 0 aliphatic carbocycles. The molecule has 3 rings (SSSR count). The zero-order valence-corrected chi connectivity index (χ0v) is 14.7. The van der Waals surface area contributed by atoms with Crippen LogP contribution in [-0.4, -0.2) is 24.5 Å². The lowest BCUT2D eigenvalue weighted by Crippen LogP contribution is -2.31. The Morgan fingerprint density at radius 2 is 1.67 bits per heavy atom. The highest BCUT2D eigenvalue weighted by atomic mass is 16.5. The van der Waals surface area contributed by atoms with Crippen LogP contribution in [0.25, 0.3) is 0 Å². The molecule has 0 bridgehead atoms. The SMILES string of the molecule is CC(C)c1ccccc1Oc1ccc(C(CN)N2CCCC2)cc1. The second-order valence-electron chi connectivity index (χ2n) is 6.86. The van der Waals surface area contributed by atoms with Crippen molar-refractivity contribution in [3.63, 3.8) is 0 Å². The highest BCUT2D eigenvalue weighted by Crippen LogP contribution is 2.31. The van der Waals surface area contributed by atoms with Gasteiger partial charge in [-0.15, -0.1) is 0 Å². The number of nitrogens with zero attached hydrogens (tertiary/aromatic N) is 1. The van der Waals surface area contributed by atoms with Crippen LogP contribution >= 0.6 is 0 Å². The van der Waals surface area contributed by atoms with E-state index in [2.05, 4.69) is 55.1 Å². The van der Waals surface area contributed by atoms with Gasteiger partial charge in [-0.3, -0.25) is 4.90 Å². The summed E-state index contributed by atoms with van der Waals surface area (Å²) in [6, 6.07) is 17.0. The zero-order valence-electron chi connectivity index (χ0n) is 14.7. The fourth-order valence-electron chi connectivity index (χ4n) is 3.48. The summed E-state index contributed by atoms with van der Waals surface area (Å²) in [7, 11) is 0. The molecule has 2 aromatic rings. The van der Waals surface area contributed by atoms with Crippen molar-refractivity contribution in [1.29, 1.82) is 0 Å². The summed E-state index contributed by atoms with van der Waals surface area (Å²) in [5.74, 6) is 2.26. The molecule has 0 saturated carbocycles. The second kappa shape index (κ2) is 7.82. The van der Waals surface area contributed by atoms with Gasteiger partial charge < -0.3 is 10.5 Å². The van der Waals surface area contributed by atoms with Crippen LogP contribution in [0.15, 0.2) is 48.5 Å². The normalized spacial score (nSPS) is 16.5. The van der Waals surface area contributed by atoms with Crippen molar-refractivity contribution in [2.75, 3.05) is 19.6 Å². The molecular formula is C21H28N2O. The Bertz CT molecular complexity index is 645. The van der Waals surface area contributed by atoms with E-state index in [-0.39, 0.29) is 0 Å². The molecule has 1 aliphatic rings. The molecule has 1 saturated heterocycles. The van der Waals surface area contributed by atoms with Crippen LogP contribution in [0.5, 0.6) is 11.5 Å². The third-order valence-corrected chi connectivity index (χ3v) is 4.84. The summed E-state index contributed by atoms with van der Waals surface area (Å²) >= 11 is 0. The van der Waals surface area contributed by atoms with E-state index < -0.39 is 0 Å². The van der Waals surface area contributed by atoms with Gasteiger partial charge in [-0.05, 0) is 61.2 Å². The fourth-order valence-corrected chi connectivity index (χ4v) is 3.48. The van der Waals surface area contributed by atoms with Crippen LogP contribution in [0, 0.1) is 0 Å². The van der Waals surface area contributed by atoms with Crippen molar-refractivity contribution in [3.05, 3.63) is 59.7 Å². The molecule has 1 fully saturated rings. The highest BCUT2D eigenvalue weighted by Gasteiger charge is 2.22. The van der Waals surface area contributed by atoms with E-state index in [1.165, 1.54) is 24.0 Å². The van der Waals surface area contributed by atoms with Gasteiger partial charge in [-0.1, -0.05) is 44.2 Å². The number of hydrogen-bond donors (Lipinski definition) is 1. The lowest BCUT2D eigenvalue weighted by molar-refractivity contribution is 0.251. The van der Waals surface area contributed by atoms with Gasteiger partial charge in [0.05, 0.1) is 0 Å². The minimum absolute atomic E-state index is 0.324. The Morgan fingerprint density at radius 3 is 2.29 bits per heavy atom. The van der Waals surface area contributed by atoms with Crippen LogP contribution in [0.4, 0.5) is 0 Å². The minimum atomic E-state index is 0.324. The standard InChI is InChI=1S/C21H28N2O/c1-16(2)19-7-3-4-8-21(19)24-18-11-9-17(10-12-18)20(15-22)23-13-5-6-14-23/h3-4,7-12,16,20H,5-6,13-15,22H2,1-2H3. The largest absolute Gasteiger partial charge is 0.457 e. The minimum Gasteiger partial charge on any atom is -0.457 e. The van der Waals surface area contributed by atoms with E-state index in [0.29, 0.717) is 18.5 Å². The number of rotatable bonds is 6. The smallest absolute Gasteiger partial charge is 0.130 e. The first-order valence-corrected chi connectivity index (χ1v) is 9.00. The van der Waals surface area contributed by atoms with E-state index in [4.69, 9.17) is 10.5 Å². The molecule has 3 nitrogen and oxygen atoms in total. The van der Waals surface area contributed by atoms with Gasteiger partial charge in [0.2, 0.25) is 0 Å². The van der Waals surface area contributed by atoms with E-state index in [9.17, 15) is 0 Å². The van der Waals surface area contributed by atoms with E-state index in [1.807, 2.05) is 12.1 Å². The molecule has 2 N–H and O–H groups in total. The van der Waals surface area contributed by atoms with Crippen LogP contribution in [0.1, 0.15) is 49.8 Å². The van der Waals surface area contributed by atoms with Crippen molar-refractivity contribution in [2.24, 2.45) is 5.73 Å². The van der Waals surface area contributed by atoms with Crippen molar-refractivity contribution in [1.82, 2.24) is 4.90 Å². The molecule has 128 valence electrons. The Balaban J connectivity index is 1.75. The Morgan fingerprint density at radius 1 is 1.00 bits per heavy atom. The number of nitrogens with two attached hydrogens (primary N) is 1. The van der Waals surface area contributed by atoms with Crippen LogP contribution in [0.3, 0.4) is 0 Å². The van der Waals surface area contributed by atoms with E-state index in [1.54, 1.807) is 0 Å². The first-order valence-electron chi connectivity index (χ1n) is 9.00. The van der Waals surface area contributed by atoms with Crippen LogP contribution in [0.2, 0.25) is 0 Å². The van der Waals surface area contributed by atoms with E-state index >= 15 is 0 Å². The predicted molar refractivity (Wildman–Crippen MR) is 99.6 cm³/mol. The van der Waals surface area contributed by atoms with Crippen LogP contribution in [-0.2, 0) is 0 Å². The molecule has 1 atom stereocenters. The number of benzene rings is 2. The molecular weight excluding hydrogens is 296 g/mol. The predicted octanol–water partition coefficient (Wildman–Crippen LogP) is 4.70. The Labute approximate surface area is 145 Å². The van der Waals surface area contributed by atoms with Crippen molar-refractivity contribution in [3.8, 4) is 11.5 Å². The van der Waals surface area contributed by atoms with Gasteiger partial charge in [-0.25, -0.2) is 0 Å². The maximum absolute atomic E-state index is 6.12. The first kappa shape index (κ1) is 17.0. The summed E-state index contributed by atoms with van der Waals surface area (Å²) in [6.45, 7) is 7.35. The molecule has 1 aliphatic heterocycles. The van der Waals surface area contributed by atoms with E-state index in [0.717, 1.165) is 24.6 Å². The van der Waals surface area contributed by atoms with Crippen molar-refractivity contribution < 1.29 is 4.74 Å². The molecule has 0 spiro atoms.